The largest absolute Gasteiger partial charge is 0.269 e. The summed E-state index contributed by atoms with van der Waals surface area (Å²) in [5.41, 5.74) is 1.13. The lowest BCUT2D eigenvalue weighted by Crippen LogP contribution is -2.03. The van der Waals surface area contributed by atoms with E-state index in [9.17, 15) is 0 Å². The second-order valence-electron chi connectivity index (χ2n) is 3.11. The van der Waals surface area contributed by atoms with E-state index >= 15 is 0 Å². The lowest BCUT2D eigenvalue weighted by Gasteiger charge is -2.06. The molecule has 4 heteroatoms. The summed E-state index contributed by atoms with van der Waals surface area (Å²) in [5, 5.41) is 7.91. The minimum absolute atomic E-state index is 0.857. The molecular weight excluding hydrogens is 176 g/mol. The predicted octanol–water partition coefficient (Wildman–Crippen LogP) is 1.53. The molecule has 0 aromatic carbocycles. The number of pyridine rings is 1. The highest BCUT2D eigenvalue weighted by molar-refractivity contribution is 5.32. The smallest absolute Gasteiger partial charge is 0.142 e. The van der Waals surface area contributed by atoms with Crippen LogP contribution in [-0.2, 0) is 6.42 Å². The van der Waals surface area contributed by atoms with Gasteiger partial charge in [0, 0.05) is 12.6 Å². The number of hydrogen-bond acceptors (Lipinski definition) is 3. The summed E-state index contributed by atoms with van der Waals surface area (Å²) in [7, 11) is 0. The Kier molecular flexibility index (Phi) is 2.26. The molecule has 2 heterocycles. The fourth-order valence-electron chi connectivity index (χ4n) is 1.41. The van der Waals surface area contributed by atoms with Crippen molar-refractivity contribution in [2.45, 2.75) is 20.3 Å². The molecule has 0 saturated heterocycles. The average Bonchev–Trinajstić information content (AvgIpc) is 2.66. The standard InChI is InChI=1S/C10H12N4/c1-3-9-13-12-7-14(9)10-8(2)5-4-6-11-10/h4-7H,3H2,1-2H3. The Bertz CT molecular complexity index is 433. The second kappa shape index (κ2) is 3.57. The minimum Gasteiger partial charge on any atom is -0.269 e. The highest BCUT2D eigenvalue weighted by Crippen LogP contribution is 2.11. The van der Waals surface area contributed by atoms with Crippen LogP contribution in [0.5, 0.6) is 0 Å². The van der Waals surface area contributed by atoms with Gasteiger partial charge in [0.2, 0.25) is 0 Å². The summed E-state index contributed by atoms with van der Waals surface area (Å²) in [6.07, 6.45) is 4.34. The molecular formula is C10H12N4. The zero-order chi connectivity index (χ0) is 9.97. The van der Waals surface area contributed by atoms with Gasteiger partial charge in [-0.2, -0.15) is 0 Å². The Hall–Kier alpha value is -1.71. The molecule has 0 fully saturated rings. The lowest BCUT2D eigenvalue weighted by atomic mass is 10.3. The first kappa shape index (κ1) is 8.87. The molecule has 72 valence electrons. The van der Waals surface area contributed by atoms with E-state index < -0.39 is 0 Å². The third-order valence-electron chi connectivity index (χ3n) is 2.14. The Morgan fingerprint density at radius 2 is 2.29 bits per heavy atom. The maximum atomic E-state index is 4.31. The van der Waals surface area contributed by atoms with Crippen molar-refractivity contribution >= 4 is 0 Å². The highest BCUT2D eigenvalue weighted by atomic mass is 15.3. The van der Waals surface area contributed by atoms with E-state index in [1.807, 2.05) is 23.6 Å². The fraction of sp³-hybridized carbons (Fsp3) is 0.300. The zero-order valence-electron chi connectivity index (χ0n) is 8.31. The van der Waals surface area contributed by atoms with Crippen molar-refractivity contribution in [3.63, 3.8) is 0 Å². The van der Waals surface area contributed by atoms with E-state index in [1.54, 1.807) is 12.5 Å². The first-order chi connectivity index (χ1) is 6.83. The zero-order valence-corrected chi connectivity index (χ0v) is 8.31. The number of aryl methyl sites for hydroxylation is 2. The van der Waals surface area contributed by atoms with Crippen LogP contribution in [0.25, 0.3) is 5.82 Å². The molecule has 0 unspecified atom stereocenters. The van der Waals surface area contributed by atoms with Crippen LogP contribution < -0.4 is 0 Å². The highest BCUT2D eigenvalue weighted by Gasteiger charge is 2.06. The predicted molar refractivity (Wildman–Crippen MR) is 53.3 cm³/mol. The third-order valence-corrected chi connectivity index (χ3v) is 2.14. The quantitative estimate of drug-likeness (QED) is 0.717. The molecule has 0 N–H and O–H groups in total. The molecule has 0 aliphatic rings. The van der Waals surface area contributed by atoms with Gasteiger partial charge in [-0.3, -0.25) is 4.57 Å². The van der Waals surface area contributed by atoms with Crippen LogP contribution in [0.1, 0.15) is 18.3 Å². The van der Waals surface area contributed by atoms with Crippen molar-refractivity contribution in [1.29, 1.82) is 0 Å². The molecule has 0 amide bonds. The normalized spacial score (nSPS) is 10.4. The summed E-state index contributed by atoms with van der Waals surface area (Å²) >= 11 is 0. The number of aromatic nitrogens is 4. The first-order valence-corrected chi connectivity index (χ1v) is 4.64. The Morgan fingerprint density at radius 1 is 1.43 bits per heavy atom. The summed E-state index contributed by atoms with van der Waals surface area (Å²) < 4.78 is 1.93. The van der Waals surface area contributed by atoms with Gasteiger partial charge < -0.3 is 0 Å². The molecule has 2 aromatic rings. The second-order valence-corrected chi connectivity index (χ2v) is 3.11. The van der Waals surface area contributed by atoms with Gasteiger partial charge in [0.15, 0.2) is 0 Å². The van der Waals surface area contributed by atoms with Crippen LogP contribution in [0.3, 0.4) is 0 Å². The maximum Gasteiger partial charge on any atom is 0.142 e. The van der Waals surface area contributed by atoms with Crippen LogP contribution >= 0.6 is 0 Å². The van der Waals surface area contributed by atoms with Gasteiger partial charge in [0.1, 0.15) is 18.0 Å². The van der Waals surface area contributed by atoms with Crippen LogP contribution in [0.4, 0.5) is 0 Å². The SMILES string of the molecule is CCc1nncn1-c1ncccc1C. The van der Waals surface area contributed by atoms with Crippen molar-refractivity contribution in [2.24, 2.45) is 0 Å². The van der Waals surface area contributed by atoms with Crippen LogP contribution in [0.2, 0.25) is 0 Å². The Labute approximate surface area is 82.6 Å². The monoisotopic (exact) mass is 188 g/mol. The van der Waals surface area contributed by atoms with Crippen molar-refractivity contribution < 1.29 is 0 Å². The van der Waals surface area contributed by atoms with E-state index in [-0.39, 0.29) is 0 Å². The maximum absolute atomic E-state index is 4.31. The van der Waals surface area contributed by atoms with Gasteiger partial charge >= 0.3 is 0 Å². The summed E-state index contributed by atoms with van der Waals surface area (Å²) in [6.45, 7) is 4.08. The molecule has 0 aliphatic carbocycles. The Morgan fingerprint density at radius 3 is 3.00 bits per heavy atom. The molecule has 2 rings (SSSR count). The lowest BCUT2D eigenvalue weighted by molar-refractivity contribution is 0.857. The molecule has 0 radical (unpaired) electrons. The van der Waals surface area contributed by atoms with E-state index in [0.717, 1.165) is 23.6 Å². The molecule has 0 spiro atoms. The van der Waals surface area contributed by atoms with Gasteiger partial charge in [-0.1, -0.05) is 13.0 Å². The van der Waals surface area contributed by atoms with Crippen molar-refractivity contribution in [3.05, 3.63) is 36.0 Å². The molecule has 4 nitrogen and oxygen atoms in total. The van der Waals surface area contributed by atoms with Crippen molar-refractivity contribution in [3.8, 4) is 5.82 Å². The summed E-state index contributed by atoms with van der Waals surface area (Å²) in [4.78, 5) is 4.31. The van der Waals surface area contributed by atoms with E-state index in [1.165, 1.54) is 0 Å². The van der Waals surface area contributed by atoms with E-state index in [4.69, 9.17) is 0 Å². The average molecular weight is 188 g/mol. The Balaban J connectivity index is 2.54. The third kappa shape index (κ3) is 1.39. The molecule has 0 bridgehead atoms. The van der Waals surface area contributed by atoms with E-state index in [0.29, 0.717) is 0 Å². The van der Waals surface area contributed by atoms with Gasteiger partial charge in [-0.25, -0.2) is 4.98 Å². The van der Waals surface area contributed by atoms with Gasteiger partial charge in [-0.15, -0.1) is 10.2 Å². The van der Waals surface area contributed by atoms with Crippen LogP contribution in [-0.4, -0.2) is 19.7 Å². The molecule has 0 saturated carbocycles. The fourth-order valence-corrected chi connectivity index (χ4v) is 1.41. The minimum atomic E-state index is 0.857. The number of rotatable bonds is 2. The first-order valence-electron chi connectivity index (χ1n) is 4.64. The van der Waals surface area contributed by atoms with Crippen molar-refractivity contribution in [2.75, 3.05) is 0 Å². The van der Waals surface area contributed by atoms with Gasteiger partial charge in [-0.05, 0) is 18.6 Å². The van der Waals surface area contributed by atoms with Gasteiger partial charge in [0.05, 0.1) is 0 Å². The number of hydrogen-bond donors (Lipinski definition) is 0. The van der Waals surface area contributed by atoms with Crippen molar-refractivity contribution in [1.82, 2.24) is 19.7 Å². The number of nitrogens with zero attached hydrogens (tertiary/aromatic N) is 4. The molecule has 0 atom stereocenters. The van der Waals surface area contributed by atoms with Crippen LogP contribution in [0.15, 0.2) is 24.7 Å². The molecule has 0 aliphatic heterocycles. The van der Waals surface area contributed by atoms with Gasteiger partial charge in [0.25, 0.3) is 0 Å². The molecule has 2 aromatic heterocycles. The summed E-state index contributed by atoms with van der Waals surface area (Å²) in [5.74, 6) is 1.85. The summed E-state index contributed by atoms with van der Waals surface area (Å²) in [6, 6.07) is 3.95. The van der Waals surface area contributed by atoms with Crippen LogP contribution in [0, 0.1) is 6.92 Å². The molecule has 14 heavy (non-hydrogen) atoms. The topological polar surface area (TPSA) is 43.6 Å². The van der Waals surface area contributed by atoms with E-state index in [2.05, 4.69) is 22.1 Å².